The van der Waals surface area contributed by atoms with Gasteiger partial charge in [0.2, 0.25) is 0 Å². The van der Waals surface area contributed by atoms with E-state index in [1.165, 1.54) is 22.3 Å². The lowest BCUT2D eigenvalue weighted by atomic mass is 9.82. The molecule has 0 saturated heterocycles. The van der Waals surface area contributed by atoms with Gasteiger partial charge in [-0.3, -0.25) is 0 Å². The third kappa shape index (κ3) is 5.28. The van der Waals surface area contributed by atoms with Crippen molar-refractivity contribution < 1.29 is 9.47 Å². The fourth-order valence-corrected chi connectivity index (χ4v) is 7.66. The number of rotatable bonds is 5. The Morgan fingerprint density at radius 1 is 0.358 bits per heavy atom. The van der Waals surface area contributed by atoms with Crippen molar-refractivity contribution in [2.75, 3.05) is 0 Å². The molecule has 0 saturated carbocycles. The summed E-state index contributed by atoms with van der Waals surface area (Å²) >= 11 is 0. The topological polar surface area (TPSA) is 57.1 Å². The molecule has 0 unspecified atom stereocenters. The largest absolute Gasteiger partial charge is 0.449 e. The minimum Gasteiger partial charge on any atom is -0.449 e. The van der Waals surface area contributed by atoms with E-state index in [0.717, 1.165) is 38.9 Å². The van der Waals surface area contributed by atoms with Crippen LogP contribution in [0.4, 0.5) is 0 Å². The maximum atomic E-state index is 6.80. The number of ether oxygens (including phenoxy) is 2. The molecule has 5 nitrogen and oxygen atoms in total. The van der Waals surface area contributed by atoms with Gasteiger partial charge in [-0.15, -0.1) is 0 Å². The number of benzene rings is 7. The minimum absolute atomic E-state index is 0.176. The molecule has 53 heavy (non-hydrogen) atoms. The first kappa shape index (κ1) is 30.9. The standard InChI is InChI=1S/C48H33N3O2/c1-48(2)39-24-10-9-22-36(39)38-28-42-43(29-40(38)48)53-44-37(23-13-25-41(44)52-42)47-50-45(34-20-11-18-32(26-34)30-14-5-3-6-15-30)49-46(51-47)35-21-12-19-33(27-35)31-16-7-4-8-17-31/h3-29H,1-2H3. The lowest BCUT2D eigenvalue weighted by molar-refractivity contribution is 0.360. The summed E-state index contributed by atoms with van der Waals surface area (Å²) in [5.74, 6) is 4.19. The molecule has 2 aliphatic rings. The Labute approximate surface area is 308 Å². The molecule has 0 radical (unpaired) electrons. The van der Waals surface area contributed by atoms with Crippen LogP contribution in [0.1, 0.15) is 25.0 Å². The van der Waals surface area contributed by atoms with Gasteiger partial charge >= 0.3 is 0 Å². The molecule has 0 N–H and O–H groups in total. The molecule has 2 heterocycles. The first-order valence-electron chi connectivity index (χ1n) is 17.8. The van der Waals surface area contributed by atoms with E-state index in [1.54, 1.807) is 0 Å². The van der Waals surface area contributed by atoms with Crippen LogP contribution in [-0.2, 0) is 5.41 Å². The molecule has 0 spiro atoms. The highest BCUT2D eigenvalue weighted by atomic mass is 16.6. The van der Waals surface area contributed by atoms with Crippen LogP contribution in [0, 0.1) is 0 Å². The van der Waals surface area contributed by atoms with E-state index in [-0.39, 0.29) is 5.41 Å². The Hall–Kier alpha value is -6.85. The number of hydrogen-bond donors (Lipinski definition) is 0. The smallest absolute Gasteiger partial charge is 0.181 e. The summed E-state index contributed by atoms with van der Waals surface area (Å²) in [6, 6.07) is 56.1. The van der Waals surface area contributed by atoms with E-state index in [4.69, 9.17) is 24.4 Å². The van der Waals surface area contributed by atoms with Gasteiger partial charge < -0.3 is 9.47 Å². The molecule has 1 aromatic heterocycles. The van der Waals surface area contributed by atoms with Crippen LogP contribution < -0.4 is 9.47 Å². The maximum absolute atomic E-state index is 6.80. The number of fused-ring (bicyclic) bond motifs is 5. The zero-order chi connectivity index (χ0) is 35.5. The maximum Gasteiger partial charge on any atom is 0.181 e. The van der Waals surface area contributed by atoms with Gasteiger partial charge in [0.05, 0.1) is 5.56 Å². The predicted octanol–water partition coefficient (Wildman–Crippen LogP) is 12.4. The summed E-state index contributed by atoms with van der Waals surface area (Å²) < 4.78 is 13.4. The van der Waals surface area contributed by atoms with Gasteiger partial charge in [0, 0.05) is 16.5 Å². The molecule has 0 fully saturated rings. The van der Waals surface area contributed by atoms with Gasteiger partial charge in [-0.1, -0.05) is 141 Å². The van der Waals surface area contributed by atoms with Gasteiger partial charge in [-0.2, -0.15) is 0 Å². The van der Waals surface area contributed by atoms with Gasteiger partial charge in [0.25, 0.3) is 0 Å². The second kappa shape index (κ2) is 12.1. The number of nitrogens with zero attached hydrogens (tertiary/aromatic N) is 3. The SMILES string of the molecule is CC1(C)c2ccccc2-c2cc3c(cc21)Oc1c(cccc1-c1nc(-c2cccc(-c4ccccc4)c2)nc(-c2cccc(-c4ccccc4)c2)n1)O3. The molecule has 5 heteroatoms. The molecular weight excluding hydrogens is 651 g/mol. The highest BCUT2D eigenvalue weighted by Crippen LogP contribution is 2.56. The van der Waals surface area contributed by atoms with Gasteiger partial charge in [0.15, 0.2) is 40.5 Å². The van der Waals surface area contributed by atoms with Crippen molar-refractivity contribution in [2.24, 2.45) is 0 Å². The molecule has 8 aromatic rings. The van der Waals surface area contributed by atoms with Crippen LogP contribution in [0.3, 0.4) is 0 Å². The molecule has 0 bridgehead atoms. The fraction of sp³-hybridized carbons (Fsp3) is 0.0625. The van der Waals surface area contributed by atoms with Crippen molar-refractivity contribution in [3.8, 4) is 90.5 Å². The van der Waals surface area contributed by atoms with E-state index < -0.39 is 0 Å². The molecular formula is C48H33N3O2. The van der Waals surface area contributed by atoms with E-state index in [1.807, 2.05) is 78.9 Å². The molecule has 1 aliphatic heterocycles. The summed E-state index contributed by atoms with van der Waals surface area (Å²) in [5.41, 5.74) is 11.7. The van der Waals surface area contributed by atoms with E-state index in [2.05, 4.69) is 98.8 Å². The Morgan fingerprint density at radius 3 is 1.53 bits per heavy atom. The second-order valence-electron chi connectivity index (χ2n) is 14.1. The Morgan fingerprint density at radius 2 is 0.868 bits per heavy atom. The van der Waals surface area contributed by atoms with E-state index in [9.17, 15) is 0 Å². The molecule has 0 amide bonds. The van der Waals surface area contributed by atoms with Crippen LogP contribution >= 0.6 is 0 Å². The van der Waals surface area contributed by atoms with Gasteiger partial charge in [-0.05, 0) is 80.9 Å². The van der Waals surface area contributed by atoms with Crippen molar-refractivity contribution >= 4 is 0 Å². The van der Waals surface area contributed by atoms with Crippen LogP contribution in [0.15, 0.2) is 164 Å². The Kier molecular flexibility index (Phi) is 7.08. The average molecular weight is 684 g/mol. The van der Waals surface area contributed by atoms with E-state index >= 15 is 0 Å². The lowest BCUT2D eigenvalue weighted by Gasteiger charge is -2.26. The Bertz CT molecular complexity index is 2600. The molecule has 7 aromatic carbocycles. The van der Waals surface area contributed by atoms with Crippen molar-refractivity contribution in [3.05, 3.63) is 175 Å². The molecule has 1 aliphatic carbocycles. The third-order valence-electron chi connectivity index (χ3n) is 10.4. The predicted molar refractivity (Wildman–Crippen MR) is 211 cm³/mol. The van der Waals surface area contributed by atoms with Gasteiger partial charge in [0.1, 0.15) is 0 Å². The van der Waals surface area contributed by atoms with Crippen LogP contribution in [0.2, 0.25) is 0 Å². The monoisotopic (exact) mass is 683 g/mol. The van der Waals surface area contributed by atoms with E-state index in [0.29, 0.717) is 40.5 Å². The second-order valence-corrected chi connectivity index (χ2v) is 14.1. The summed E-state index contributed by atoms with van der Waals surface area (Å²) in [5, 5.41) is 0. The minimum atomic E-state index is -0.176. The Balaban J connectivity index is 1.11. The molecule has 0 atom stereocenters. The van der Waals surface area contributed by atoms with Crippen molar-refractivity contribution in [3.63, 3.8) is 0 Å². The average Bonchev–Trinajstić information content (AvgIpc) is 3.44. The molecule has 252 valence electrons. The van der Waals surface area contributed by atoms with Gasteiger partial charge in [-0.25, -0.2) is 15.0 Å². The van der Waals surface area contributed by atoms with Crippen molar-refractivity contribution in [1.29, 1.82) is 0 Å². The fourth-order valence-electron chi connectivity index (χ4n) is 7.66. The first-order valence-corrected chi connectivity index (χ1v) is 17.8. The lowest BCUT2D eigenvalue weighted by Crippen LogP contribution is -2.15. The van der Waals surface area contributed by atoms with Crippen LogP contribution in [0.25, 0.3) is 67.5 Å². The quantitative estimate of drug-likeness (QED) is 0.181. The third-order valence-corrected chi connectivity index (χ3v) is 10.4. The zero-order valence-electron chi connectivity index (χ0n) is 29.2. The summed E-state index contributed by atoms with van der Waals surface area (Å²) in [6.07, 6.45) is 0. The normalized spacial score (nSPS) is 13.2. The summed E-state index contributed by atoms with van der Waals surface area (Å²) in [7, 11) is 0. The summed E-state index contributed by atoms with van der Waals surface area (Å²) in [4.78, 5) is 15.4. The molecule has 10 rings (SSSR count). The van der Waals surface area contributed by atoms with Crippen LogP contribution in [-0.4, -0.2) is 15.0 Å². The zero-order valence-corrected chi connectivity index (χ0v) is 29.2. The first-order chi connectivity index (χ1) is 26.0. The number of para-hydroxylation sites is 1. The summed E-state index contributed by atoms with van der Waals surface area (Å²) in [6.45, 7) is 4.53. The van der Waals surface area contributed by atoms with Crippen LogP contribution in [0.5, 0.6) is 23.0 Å². The number of hydrogen-bond acceptors (Lipinski definition) is 5. The van der Waals surface area contributed by atoms with Crippen molar-refractivity contribution in [1.82, 2.24) is 15.0 Å². The highest BCUT2D eigenvalue weighted by Gasteiger charge is 2.37. The number of aromatic nitrogens is 3. The van der Waals surface area contributed by atoms with Crippen molar-refractivity contribution in [2.45, 2.75) is 19.3 Å². The highest BCUT2D eigenvalue weighted by molar-refractivity contribution is 5.84.